The molecule has 1 heterocycles. The smallest absolute Gasteiger partial charge is 0.251 e. The maximum atomic E-state index is 12.4. The van der Waals surface area contributed by atoms with Gasteiger partial charge in [0.05, 0.1) is 84.9 Å². The summed E-state index contributed by atoms with van der Waals surface area (Å²) in [5, 5.41) is 7.30. The highest BCUT2D eigenvalue weighted by Crippen LogP contribution is 2.18. The first kappa shape index (κ1) is 35.5. The topological polar surface area (TPSA) is 119 Å². The summed E-state index contributed by atoms with van der Waals surface area (Å²) in [5.41, 5.74) is 2.91. The molecule has 238 valence electrons. The Balaban J connectivity index is 0.00000924. The maximum absolute atomic E-state index is 12.4. The van der Waals surface area contributed by atoms with E-state index in [1.807, 2.05) is 49.0 Å². The number of ketones is 1. The number of Topliss-reactive ketones (excluding diaryl/α,β-unsaturated/α-hetero) is 1. The Morgan fingerprint density at radius 1 is 0.786 bits per heavy atom. The molecular weight excluding hydrogens is 542 g/mol. The van der Waals surface area contributed by atoms with E-state index in [0.717, 1.165) is 12.0 Å². The second kappa shape index (κ2) is 21.9. The summed E-state index contributed by atoms with van der Waals surface area (Å²) in [5.74, 6) is -0.0414. The second-order valence-corrected chi connectivity index (χ2v) is 9.97. The fourth-order valence-corrected chi connectivity index (χ4v) is 3.62. The Bertz CT molecular complexity index is 1000. The largest absolute Gasteiger partial charge is 0.377 e. The van der Waals surface area contributed by atoms with E-state index in [1.54, 1.807) is 0 Å². The minimum atomic E-state index is -0.129. The van der Waals surface area contributed by atoms with Gasteiger partial charge in [-0.1, -0.05) is 32.9 Å². The van der Waals surface area contributed by atoms with Crippen molar-refractivity contribution >= 4 is 11.7 Å². The van der Waals surface area contributed by atoms with Crippen molar-refractivity contribution < 1.29 is 39.4 Å². The van der Waals surface area contributed by atoms with Gasteiger partial charge in [0.25, 0.3) is 5.91 Å². The standard InChI is InChI=1S/C31H49N3O8.H2/c1-5-27-22-33-34(23-27)26(4)28-6-8-29(9-7-28)31(36)32-10-11-37-12-13-38-14-15-39-16-17-40-18-19-41-20-21-42-24-30(35)25(2)3;/h6-9,22-23,25-26H,5,10-21,24H2,1-4H3,(H,32,36);1H. The molecule has 1 unspecified atom stereocenters. The predicted octanol–water partition coefficient (Wildman–Crippen LogP) is 3.36. The van der Waals surface area contributed by atoms with E-state index in [-0.39, 0.29) is 31.7 Å². The summed E-state index contributed by atoms with van der Waals surface area (Å²) in [6.07, 6.45) is 4.90. The fraction of sp³-hybridized carbons (Fsp3) is 0.645. The molecule has 0 aliphatic rings. The molecule has 0 saturated heterocycles. The van der Waals surface area contributed by atoms with Crippen LogP contribution < -0.4 is 5.32 Å². The number of amides is 1. The number of rotatable bonds is 25. The lowest BCUT2D eigenvalue weighted by molar-refractivity contribution is -0.127. The molecule has 0 fully saturated rings. The molecule has 42 heavy (non-hydrogen) atoms. The van der Waals surface area contributed by atoms with Crippen molar-refractivity contribution in [2.24, 2.45) is 5.92 Å². The lowest BCUT2D eigenvalue weighted by Crippen LogP contribution is -2.27. The third-order valence-electron chi connectivity index (χ3n) is 6.40. The van der Waals surface area contributed by atoms with Crippen molar-refractivity contribution in [3.63, 3.8) is 0 Å². The van der Waals surface area contributed by atoms with E-state index in [9.17, 15) is 9.59 Å². The highest BCUT2D eigenvalue weighted by molar-refractivity contribution is 5.94. The molecule has 1 aromatic heterocycles. The molecule has 0 aliphatic heterocycles. The minimum Gasteiger partial charge on any atom is -0.377 e. The number of benzene rings is 1. The highest BCUT2D eigenvalue weighted by Gasteiger charge is 2.11. The highest BCUT2D eigenvalue weighted by atomic mass is 16.6. The second-order valence-electron chi connectivity index (χ2n) is 9.97. The van der Waals surface area contributed by atoms with E-state index in [1.165, 1.54) is 5.56 Å². The number of ether oxygens (including phenoxy) is 6. The molecular formula is C31H51N3O8. The molecule has 11 heteroatoms. The van der Waals surface area contributed by atoms with Gasteiger partial charge in [-0.3, -0.25) is 14.3 Å². The molecule has 2 rings (SSSR count). The van der Waals surface area contributed by atoms with Crippen molar-refractivity contribution in [3.05, 3.63) is 53.3 Å². The average Bonchev–Trinajstić information content (AvgIpc) is 3.49. The van der Waals surface area contributed by atoms with Crippen LogP contribution in [0, 0.1) is 5.92 Å². The van der Waals surface area contributed by atoms with Crippen LogP contribution in [0.5, 0.6) is 0 Å². The number of nitrogens with one attached hydrogen (secondary N) is 1. The van der Waals surface area contributed by atoms with Gasteiger partial charge in [0, 0.05) is 25.6 Å². The van der Waals surface area contributed by atoms with Crippen LogP contribution in [-0.4, -0.2) is 107 Å². The Labute approximate surface area is 251 Å². The van der Waals surface area contributed by atoms with Gasteiger partial charge >= 0.3 is 0 Å². The predicted molar refractivity (Wildman–Crippen MR) is 161 cm³/mol. The summed E-state index contributed by atoms with van der Waals surface area (Å²) in [7, 11) is 0. The lowest BCUT2D eigenvalue weighted by Gasteiger charge is -2.13. The van der Waals surface area contributed by atoms with Crippen LogP contribution in [-0.2, 0) is 39.6 Å². The van der Waals surface area contributed by atoms with Crippen LogP contribution in [0.25, 0.3) is 0 Å². The molecule has 0 spiro atoms. The SMILES string of the molecule is CCc1cnn(C(C)c2ccc(C(=O)NCCOCCOCCOCCOCCOCCOCC(=O)C(C)C)cc2)c1.[HH]. The minimum absolute atomic E-state index is 0. The summed E-state index contributed by atoms with van der Waals surface area (Å²) < 4.78 is 34.5. The van der Waals surface area contributed by atoms with Gasteiger partial charge in [-0.15, -0.1) is 0 Å². The number of carbonyl (C=O) groups is 2. The average molecular weight is 594 g/mol. The van der Waals surface area contributed by atoms with Gasteiger partial charge in [0.2, 0.25) is 0 Å². The van der Waals surface area contributed by atoms with Gasteiger partial charge in [-0.25, -0.2) is 0 Å². The number of hydrogen-bond donors (Lipinski definition) is 1. The normalized spacial score (nSPS) is 12.1. The summed E-state index contributed by atoms with van der Waals surface area (Å²) in [6.45, 7) is 13.4. The van der Waals surface area contributed by atoms with Crippen LogP contribution in [0.4, 0.5) is 0 Å². The van der Waals surface area contributed by atoms with Crippen LogP contribution in [0.1, 0.15) is 56.6 Å². The molecule has 1 aromatic carbocycles. The van der Waals surface area contributed by atoms with Gasteiger partial charge in [0.15, 0.2) is 5.78 Å². The van der Waals surface area contributed by atoms with Crippen LogP contribution in [0.3, 0.4) is 0 Å². The zero-order valence-electron chi connectivity index (χ0n) is 25.7. The lowest BCUT2D eigenvalue weighted by atomic mass is 10.1. The molecule has 1 N–H and O–H groups in total. The number of nitrogens with zero attached hydrogens (tertiary/aromatic N) is 2. The Morgan fingerprint density at radius 3 is 1.76 bits per heavy atom. The quantitative estimate of drug-likeness (QED) is 0.173. The van der Waals surface area contributed by atoms with Crippen LogP contribution >= 0.6 is 0 Å². The third kappa shape index (κ3) is 15.0. The Morgan fingerprint density at radius 2 is 1.29 bits per heavy atom. The van der Waals surface area contributed by atoms with Crippen molar-refractivity contribution in [1.29, 1.82) is 0 Å². The molecule has 0 saturated carbocycles. The van der Waals surface area contributed by atoms with E-state index in [2.05, 4.69) is 30.5 Å². The maximum Gasteiger partial charge on any atom is 0.251 e. The number of aryl methyl sites for hydroxylation is 1. The van der Waals surface area contributed by atoms with E-state index in [0.29, 0.717) is 84.8 Å². The molecule has 0 aliphatic carbocycles. The molecule has 1 atom stereocenters. The van der Waals surface area contributed by atoms with E-state index >= 15 is 0 Å². The fourth-order valence-electron chi connectivity index (χ4n) is 3.62. The summed E-state index contributed by atoms with van der Waals surface area (Å²) in [6, 6.07) is 7.70. The number of hydrogen-bond acceptors (Lipinski definition) is 9. The third-order valence-corrected chi connectivity index (χ3v) is 6.40. The zero-order chi connectivity index (χ0) is 30.4. The van der Waals surface area contributed by atoms with Crippen LogP contribution in [0.2, 0.25) is 0 Å². The number of aromatic nitrogens is 2. The first-order chi connectivity index (χ1) is 20.4. The van der Waals surface area contributed by atoms with E-state index < -0.39 is 0 Å². The van der Waals surface area contributed by atoms with E-state index in [4.69, 9.17) is 28.4 Å². The van der Waals surface area contributed by atoms with Crippen molar-refractivity contribution in [3.8, 4) is 0 Å². The van der Waals surface area contributed by atoms with Gasteiger partial charge in [-0.2, -0.15) is 5.10 Å². The van der Waals surface area contributed by atoms with Crippen molar-refractivity contribution in [2.75, 3.05) is 85.8 Å². The number of carbonyl (C=O) groups excluding carboxylic acids is 2. The zero-order valence-corrected chi connectivity index (χ0v) is 25.7. The van der Waals surface area contributed by atoms with Crippen molar-refractivity contribution in [2.45, 2.75) is 40.2 Å². The molecule has 0 bridgehead atoms. The van der Waals surface area contributed by atoms with Crippen LogP contribution in [0.15, 0.2) is 36.7 Å². The summed E-state index contributed by atoms with van der Waals surface area (Å²) in [4.78, 5) is 23.8. The Hall–Kier alpha value is -2.67. The molecule has 11 nitrogen and oxygen atoms in total. The van der Waals surface area contributed by atoms with Gasteiger partial charge in [0.1, 0.15) is 6.61 Å². The Kier molecular flexibility index (Phi) is 18.6. The van der Waals surface area contributed by atoms with Crippen molar-refractivity contribution in [1.82, 2.24) is 15.1 Å². The first-order valence-corrected chi connectivity index (χ1v) is 14.8. The van der Waals surface area contributed by atoms with Gasteiger partial charge < -0.3 is 33.7 Å². The summed E-state index contributed by atoms with van der Waals surface area (Å²) >= 11 is 0. The molecule has 1 amide bonds. The first-order valence-electron chi connectivity index (χ1n) is 14.8. The monoisotopic (exact) mass is 593 g/mol. The molecule has 2 aromatic rings. The molecule has 0 radical (unpaired) electrons. The van der Waals surface area contributed by atoms with Gasteiger partial charge in [-0.05, 0) is 36.6 Å².